The Morgan fingerprint density at radius 3 is 2.81 bits per heavy atom. The standard InChI is InChI=1S/C13H12N4O3S/c18-10(16-7-13(1-2-13)12(19)20)9-6-21-11(17-9)8-5-14-3-4-15-8/h3-6H,1-2,7H2,(H,16,18)(H,19,20). The van der Waals surface area contributed by atoms with Crippen molar-refractivity contribution in [1.82, 2.24) is 20.3 Å². The molecule has 7 nitrogen and oxygen atoms in total. The molecule has 1 amide bonds. The van der Waals surface area contributed by atoms with Crippen LogP contribution in [0, 0.1) is 5.41 Å². The molecular formula is C13H12N4O3S. The average molecular weight is 304 g/mol. The van der Waals surface area contributed by atoms with Crippen LogP contribution in [0.1, 0.15) is 23.3 Å². The van der Waals surface area contributed by atoms with Crippen molar-refractivity contribution in [3.05, 3.63) is 29.7 Å². The average Bonchev–Trinajstić information content (AvgIpc) is 3.14. The molecule has 0 unspecified atom stereocenters. The summed E-state index contributed by atoms with van der Waals surface area (Å²) in [5.41, 5.74) is 0.0898. The Bertz CT molecular complexity index is 682. The van der Waals surface area contributed by atoms with Crippen molar-refractivity contribution >= 4 is 23.2 Å². The van der Waals surface area contributed by atoms with Gasteiger partial charge in [-0.1, -0.05) is 0 Å². The fourth-order valence-electron chi connectivity index (χ4n) is 1.86. The van der Waals surface area contributed by atoms with Gasteiger partial charge in [0.25, 0.3) is 5.91 Å². The minimum Gasteiger partial charge on any atom is -0.481 e. The number of hydrogen-bond acceptors (Lipinski definition) is 6. The first kappa shape index (κ1) is 13.6. The first-order chi connectivity index (χ1) is 10.1. The van der Waals surface area contributed by atoms with Crippen molar-refractivity contribution in [2.75, 3.05) is 6.54 Å². The number of carbonyl (C=O) groups is 2. The molecule has 108 valence electrons. The lowest BCUT2D eigenvalue weighted by Crippen LogP contribution is -2.34. The van der Waals surface area contributed by atoms with Crippen molar-refractivity contribution in [2.24, 2.45) is 5.41 Å². The topological polar surface area (TPSA) is 105 Å². The third-order valence-electron chi connectivity index (χ3n) is 3.41. The summed E-state index contributed by atoms with van der Waals surface area (Å²) in [4.78, 5) is 35.3. The van der Waals surface area contributed by atoms with E-state index in [1.165, 1.54) is 11.3 Å². The van der Waals surface area contributed by atoms with Crippen LogP contribution in [0.4, 0.5) is 0 Å². The number of amides is 1. The maximum atomic E-state index is 12.0. The van der Waals surface area contributed by atoms with Crippen LogP contribution in [-0.4, -0.2) is 38.5 Å². The largest absolute Gasteiger partial charge is 0.481 e. The zero-order valence-corrected chi connectivity index (χ0v) is 11.8. The van der Waals surface area contributed by atoms with Gasteiger partial charge in [0.05, 0.1) is 11.6 Å². The monoisotopic (exact) mass is 304 g/mol. The zero-order chi connectivity index (χ0) is 14.9. The molecule has 3 rings (SSSR count). The molecule has 2 aromatic heterocycles. The van der Waals surface area contributed by atoms with Gasteiger partial charge in [0, 0.05) is 24.3 Å². The highest BCUT2D eigenvalue weighted by molar-refractivity contribution is 7.13. The van der Waals surface area contributed by atoms with Crippen molar-refractivity contribution in [1.29, 1.82) is 0 Å². The van der Waals surface area contributed by atoms with Crippen molar-refractivity contribution < 1.29 is 14.7 Å². The summed E-state index contributed by atoms with van der Waals surface area (Å²) in [6, 6.07) is 0. The van der Waals surface area contributed by atoms with Gasteiger partial charge >= 0.3 is 5.97 Å². The normalized spacial score (nSPS) is 15.4. The van der Waals surface area contributed by atoms with Gasteiger partial charge in [-0.05, 0) is 12.8 Å². The molecule has 2 N–H and O–H groups in total. The number of hydrogen-bond donors (Lipinski definition) is 2. The summed E-state index contributed by atoms with van der Waals surface area (Å²) in [5, 5.41) is 13.9. The van der Waals surface area contributed by atoms with Gasteiger partial charge in [0.1, 0.15) is 16.4 Å². The predicted octanol–water partition coefficient (Wildman–Crippen LogP) is 1.19. The molecule has 1 aliphatic carbocycles. The van der Waals surface area contributed by atoms with Gasteiger partial charge < -0.3 is 10.4 Å². The van der Waals surface area contributed by atoms with E-state index in [1.807, 2.05) is 0 Å². The van der Waals surface area contributed by atoms with Crippen LogP contribution >= 0.6 is 11.3 Å². The molecular weight excluding hydrogens is 292 g/mol. The molecule has 21 heavy (non-hydrogen) atoms. The number of nitrogens with zero attached hydrogens (tertiary/aromatic N) is 3. The maximum absolute atomic E-state index is 12.0. The first-order valence-electron chi connectivity index (χ1n) is 6.34. The molecule has 1 aliphatic rings. The molecule has 0 radical (unpaired) electrons. The second-order valence-electron chi connectivity index (χ2n) is 4.90. The number of aromatic nitrogens is 3. The molecule has 0 saturated heterocycles. The van der Waals surface area contributed by atoms with Crippen LogP contribution in [0.5, 0.6) is 0 Å². The molecule has 8 heteroatoms. The van der Waals surface area contributed by atoms with E-state index in [0.29, 0.717) is 23.5 Å². The smallest absolute Gasteiger partial charge is 0.311 e. The summed E-state index contributed by atoms with van der Waals surface area (Å²) >= 11 is 1.30. The number of carbonyl (C=O) groups excluding carboxylic acids is 1. The van der Waals surface area contributed by atoms with E-state index >= 15 is 0 Å². The maximum Gasteiger partial charge on any atom is 0.311 e. The SMILES string of the molecule is O=C(NCC1(C(=O)O)CC1)c1csc(-c2cnccn2)n1. The minimum absolute atomic E-state index is 0.138. The summed E-state index contributed by atoms with van der Waals surface area (Å²) in [6.07, 6.45) is 5.89. The highest BCUT2D eigenvalue weighted by atomic mass is 32.1. The van der Waals surface area contributed by atoms with E-state index in [0.717, 1.165) is 0 Å². The second kappa shape index (κ2) is 5.21. The summed E-state index contributed by atoms with van der Waals surface area (Å²) in [6.45, 7) is 0.138. The molecule has 1 fully saturated rings. The highest BCUT2D eigenvalue weighted by Gasteiger charge is 2.50. The molecule has 2 aromatic rings. The number of rotatable bonds is 5. The lowest BCUT2D eigenvalue weighted by Gasteiger charge is -2.09. The third-order valence-corrected chi connectivity index (χ3v) is 4.28. The Morgan fingerprint density at radius 2 is 2.19 bits per heavy atom. The zero-order valence-electron chi connectivity index (χ0n) is 10.9. The van der Waals surface area contributed by atoms with E-state index in [4.69, 9.17) is 5.11 Å². The van der Waals surface area contributed by atoms with Gasteiger partial charge in [-0.25, -0.2) is 4.98 Å². The number of thiazole rings is 1. The molecule has 0 spiro atoms. The lowest BCUT2D eigenvalue weighted by molar-refractivity contribution is -0.143. The van der Waals surface area contributed by atoms with E-state index in [-0.39, 0.29) is 18.1 Å². The predicted molar refractivity (Wildman–Crippen MR) is 74.8 cm³/mol. The Balaban J connectivity index is 1.66. The number of aliphatic carboxylic acids is 1. The fourth-order valence-corrected chi connectivity index (χ4v) is 2.62. The van der Waals surface area contributed by atoms with Gasteiger partial charge in [0.15, 0.2) is 0 Å². The van der Waals surface area contributed by atoms with E-state index in [9.17, 15) is 9.59 Å². The molecule has 2 heterocycles. The number of carboxylic acids is 1. The highest BCUT2D eigenvalue weighted by Crippen LogP contribution is 2.45. The van der Waals surface area contributed by atoms with Crippen LogP contribution in [-0.2, 0) is 4.79 Å². The Labute approximate surface area is 124 Å². The fraction of sp³-hybridized carbons (Fsp3) is 0.308. The Hall–Kier alpha value is -2.35. The van der Waals surface area contributed by atoms with Crippen molar-refractivity contribution in [3.8, 4) is 10.7 Å². The van der Waals surface area contributed by atoms with E-state index in [2.05, 4.69) is 20.3 Å². The molecule has 0 bridgehead atoms. The van der Waals surface area contributed by atoms with Crippen LogP contribution in [0.25, 0.3) is 10.7 Å². The van der Waals surface area contributed by atoms with E-state index < -0.39 is 11.4 Å². The lowest BCUT2D eigenvalue weighted by atomic mass is 10.1. The van der Waals surface area contributed by atoms with Gasteiger partial charge in [0.2, 0.25) is 0 Å². The first-order valence-corrected chi connectivity index (χ1v) is 7.22. The molecule has 1 saturated carbocycles. The summed E-state index contributed by atoms with van der Waals surface area (Å²) in [5.74, 6) is -1.23. The molecule has 0 atom stereocenters. The van der Waals surface area contributed by atoms with Crippen LogP contribution in [0.3, 0.4) is 0 Å². The quantitative estimate of drug-likeness (QED) is 0.859. The summed E-state index contributed by atoms with van der Waals surface area (Å²) < 4.78 is 0. The summed E-state index contributed by atoms with van der Waals surface area (Å²) in [7, 11) is 0. The van der Waals surface area contributed by atoms with Crippen LogP contribution < -0.4 is 5.32 Å². The molecule has 0 aliphatic heterocycles. The number of carboxylic acid groups (broad SMARTS) is 1. The second-order valence-corrected chi connectivity index (χ2v) is 5.75. The van der Waals surface area contributed by atoms with Gasteiger partial charge in [-0.2, -0.15) is 0 Å². The Kier molecular flexibility index (Phi) is 3.38. The van der Waals surface area contributed by atoms with Crippen LogP contribution in [0.15, 0.2) is 24.0 Å². The van der Waals surface area contributed by atoms with E-state index in [1.54, 1.807) is 24.0 Å². The minimum atomic E-state index is -0.860. The third kappa shape index (κ3) is 2.75. The van der Waals surface area contributed by atoms with Crippen molar-refractivity contribution in [2.45, 2.75) is 12.8 Å². The van der Waals surface area contributed by atoms with Gasteiger partial charge in [-0.3, -0.25) is 19.6 Å². The Morgan fingerprint density at radius 1 is 1.38 bits per heavy atom. The van der Waals surface area contributed by atoms with Gasteiger partial charge in [-0.15, -0.1) is 11.3 Å². The van der Waals surface area contributed by atoms with Crippen molar-refractivity contribution in [3.63, 3.8) is 0 Å². The molecule has 0 aromatic carbocycles. The number of nitrogens with one attached hydrogen (secondary N) is 1. The van der Waals surface area contributed by atoms with Crippen LogP contribution in [0.2, 0.25) is 0 Å².